The summed E-state index contributed by atoms with van der Waals surface area (Å²) < 4.78 is 11.1. The zero-order chi connectivity index (χ0) is 26.1. The van der Waals surface area contributed by atoms with Crippen LogP contribution >= 0.6 is 0 Å². The smallest absolute Gasteiger partial charge is 0.246 e. The summed E-state index contributed by atoms with van der Waals surface area (Å²) in [6, 6.07) is 25.8. The zero-order valence-corrected chi connectivity index (χ0v) is 21.6. The van der Waals surface area contributed by atoms with Crippen molar-refractivity contribution < 1.29 is 19.1 Å². The molecule has 7 nitrogen and oxygen atoms in total. The SMILES string of the molecule is CN1CCC(C(=O)NC(Cc2ccccc2)c2ccccc2)(N2C(=O)CC2c2ccc3c(c2)OCO3)CC1. The molecule has 3 aromatic carbocycles. The highest BCUT2D eigenvalue weighted by Crippen LogP contribution is 2.47. The summed E-state index contributed by atoms with van der Waals surface area (Å²) in [6.07, 6.45) is 2.24. The van der Waals surface area contributed by atoms with Gasteiger partial charge in [0.2, 0.25) is 18.6 Å². The largest absolute Gasteiger partial charge is 0.454 e. The average Bonchev–Trinajstić information content (AvgIpc) is 3.41. The molecular weight excluding hydrogens is 478 g/mol. The molecule has 0 aliphatic carbocycles. The summed E-state index contributed by atoms with van der Waals surface area (Å²) >= 11 is 0. The molecule has 2 saturated heterocycles. The fourth-order valence-electron chi connectivity index (χ4n) is 5.99. The molecule has 196 valence electrons. The number of ether oxygens (including phenoxy) is 2. The van der Waals surface area contributed by atoms with Gasteiger partial charge in [0.15, 0.2) is 11.5 Å². The number of amides is 2. The van der Waals surface area contributed by atoms with Crippen LogP contribution in [0.1, 0.15) is 48.0 Å². The normalized spacial score (nSPS) is 21.0. The molecule has 0 bridgehead atoms. The molecule has 0 radical (unpaired) electrons. The maximum Gasteiger partial charge on any atom is 0.246 e. The van der Waals surface area contributed by atoms with Gasteiger partial charge in [-0.25, -0.2) is 0 Å². The van der Waals surface area contributed by atoms with Crippen molar-refractivity contribution in [3.05, 3.63) is 95.6 Å². The van der Waals surface area contributed by atoms with E-state index in [1.54, 1.807) is 0 Å². The Labute approximate surface area is 223 Å². The van der Waals surface area contributed by atoms with Crippen LogP contribution in [0.25, 0.3) is 0 Å². The van der Waals surface area contributed by atoms with Gasteiger partial charge in [0.25, 0.3) is 0 Å². The maximum absolute atomic E-state index is 14.4. The fraction of sp³-hybridized carbons (Fsp3) is 0.355. The molecule has 6 rings (SSSR count). The Balaban J connectivity index is 1.32. The Morgan fingerprint density at radius 2 is 1.66 bits per heavy atom. The molecule has 2 fully saturated rings. The first-order chi connectivity index (χ1) is 18.5. The molecular formula is C31H33N3O4. The summed E-state index contributed by atoms with van der Waals surface area (Å²) in [5.41, 5.74) is 2.27. The van der Waals surface area contributed by atoms with Gasteiger partial charge in [-0.2, -0.15) is 0 Å². The second kappa shape index (κ2) is 10.1. The van der Waals surface area contributed by atoms with Crippen molar-refractivity contribution in [3.63, 3.8) is 0 Å². The molecule has 1 N–H and O–H groups in total. The first kappa shape index (κ1) is 24.5. The Hall–Kier alpha value is -3.84. The van der Waals surface area contributed by atoms with Gasteiger partial charge < -0.3 is 24.6 Å². The van der Waals surface area contributed by atoms with Crippen LogP contribution in [0.4, 0.5) is 0 Å². The molecule has 38 heavy (non-hydrogen) atoms. The topological polar surface area (TPSA) is 71.1 Å². The first-order valence-corrected chi connectivity index (χ1v) is 13.3. The van der Waals surface area contributed by atoms with Gasteiger partial charge in [-0.15, -0.1) is 0 Å². The lowest BCUT2D eigenvalue weighted by molar-refractivity contribution is -0.169. The van der Waals surface area contributed by atoms with E-state index >= 15 is 0 Å². The number of carbonyl (C=O) groups is 2. The standard InChI is InChI=1S/C31H33N3O4/c1-33-16-14-31(15-17-33,34-26(20-29(34)35)24-12-13-27-28(19-24)38-21-37-27)30(36)32-25(23-10-6-3-7-11-23)18-22-8-4-2-5-9-22/h2-13,19,25-26H,14-18,20-21H2,1H3,(H,32,36). The quantitative estimate of drug-likeness (QED) is 0.480. The van der Waals surface area contributed by atoms with Crippen molar-refractivity contribution in [2.24, 2.45) is 0 Å². The molecule has 2 atom stereocenters. The minimum absolute atomic E-state index is 0.0201. The number of piperidine rings is 1. The molecule has 2 amide bonds. The lowest BCUT2D eigenvalue weighted by atomic mass is 9.77. The third-order valence-corrected chi connectivity index (χ3v) is 8.22. The van der Waals surface area contributed by atoms with E-state index in [0.717, 1.165) is 29.8 Å². The van der Waals surface area contributed by atoms with E-state index in [2.05, 4.69) is 41.5 Å². The van der Waals surface area contributed by atoms with Crippen LogP contribution in [0.2, 0.25) is 0 Å². The molecule has 0 spiro atoms. The highest BCUT2D eigenvalue weighted by atomic mass is 16.7. The summed E-state index contributed by atoms with van der Waals surface area (Å²) in [4.78, 5) is 31.7. The molecule has 0 saturated carbocycles. The van der Waals surface area contributed by atoms with Crippen molar-refractivity contribution in [1.82, 2.24) is 15.1 Å². The summed E-state index contributed by atoms with van der Waals surface area (Å²) in [5.74, 6) is 1.35. The molecule has 3 aliphatic rings. The number of rotatable bonds is 7. The van der Waals surface area contributed by atoms with Gasteiger partial charge in [-0.3, -0.25) is 9.59 Å². The third-order valence-electron chi connectivity index (χ3n) is 8.22. The number of benzene rings is 3. The third kappa shape index (κ3) is 4.52. The van der Waals surface area contributed by atoms with Gasteiger partial charge >= 0.3 is 0 Å². The summed E-state index contributed by atoms with van der Waals surface area (Å²) in [7, 11) is 2.07. The number of carbonyl (C=O) groups excluding carboxylic acids is 2. The number of hydrogen-bond acceptors (Lipinski definition) is 5. The Bertz CT molecular complexity index is 1310. The molecule has 7 heteroatoms. The fourth-order valence-corrected chi connectivity index (χ4v) is 5.99. The van der Waals surface area contributed by atoms with E-state index in [0.29, 0.717) is 37.2 Å². The van der Waals surface area contributed by atoms with Gasteiger partial charge in [-0.05, 0) is 55.1 Å². The van der Waals surface area contributed by atoms with Crippen LogP contribution in [0.3, 0.4) is 0 Å². The minimum atomic E-state index is -0.910. The minimum Gasteiger partial charge on any atom is -0.454 e. The highest BCUT2D eigenvalue weighted by molar-refractivity contribution is 5.95. The summed E-state index contributed by atoms with van der Waals surface area (Å²) in [6.45, 7) is 1.70. The monoisotopic (exact) mass is 511 g/mol. The number of fused-ring (bicyclic) bond motifs is 1. The Kier molecular flexibility index (Phi) is 6.54. The van der Waals surface area contributed by atoms with E-state index in [9.17, 15) is 9.59 Å². The molecule has 2 unspecified atom stereocenters. The van der Waals surface area contributed by atoms with Crippen molar-refractivity contribution in [2.75, 3.05) is 26.9 Å². The number of nitrogens with zero attached hydrogens (tertiary/aromatic N) is 2. The van der Waals surface area contributed by atoms with Crippen LogP contribution in [-0.2, 0) is 16.0 Å². The van der Waals surface area contributed by atoms with Gasteiger partial charge in [0, 0.05) is 13.1 Å². The van der Waals surface area contributed by atoms with Crippen LogP contribution in [0, 0.1) is 0 Å². The number of β-lactam (4-membered cyclic amide) rings is 1. The van der Waals surface area contributed by atoms with E-state index < -0.39 is 5.54 Å². The van der Waals surface area contributed by atoms with Crippen molar-refractivity contribution in [2.45, 2.75) is 43.3 Å². The van der Waals surface area contributed by atoms with Crippen LogP contribution in [0.5, 0.6) is 11.5 Å². The Morgan fingerprint density at radius 3 is 2.37 bits per heavy atom. The maximum atomic E-state index is 14.4. The highest BCUT2D eigenvalue weighted by Gasteiger charge is 2.55. The second-order valence-corrected chi connectivity index (χ2v) is 10.6. The van der Waals surface area contributed by atoms with E-state index in [4.69, 9.17) is 9.47 Å². The van der Waals surface area contributed by atoms with Gasteiger partial charge in [0.1, 0.15) is 5.54 Å². The van der Waals surface area contributed by atoms with Crippen molar-refractivity contribution in [1.29, 1.82) is 0 Å². The predicted octanol–water partition coefficient (Wildman–Crippen LogP) is 4.25. The number of nitrogens with one attached hydrogen (secondary N) is 1. The molecule has 3 aliphatic heterocycles. The lowest BCUT2D eigenvalue weighted by Crippen LogP contribution is -2.69. The van der Waals surface area contributed by atoms with E-state index in [-0.39, 0.29) is 30.7 Å². The van der Waals surface area contributed by atoms with Crippen LogP contribution in [0.15, 0.2) is 78.9 Å². The second-order valence-electron chi connectivity index (χ2n) is 10.6. The number of hydrogen-bond donors (Lipinski definition) is 1. The van der Waals surface area contributed by atoms with Crippen molar-refractivity contribution >= 4 is 11.8 Å². The first-order valence-electron chi connectivity index (χ1n) is 13.3. The molecule has 0 aromatic heterocycles. The molecule has 3 aromatic rings. The lowest BCUT2D eigenvalue weighted by Gasteiger charge is -2.55. The van der Waals surface area contributed by atoms with Crippen LogP contribution in [-0.4, -0.2) is 54.1 Å². The molecule has 3 heterocycles. The van der Waals surface area contributed by atoms with E-state index in [1.807, 2.05) is 59.5 Å². The van der Waals surface area contributed by atoms with Crippen molar-refractivity contribution in [3.8, 4) is 11.5 Å². The van der Waals surface area contributed by atoms with Gasteiger partial charge in [0.05, 0.1) is 18.5 Å². The number of likely N-dealkylation sites (tertiary alicyclic amines) is 2. The average molecular weight is 512 g/mol. The van der Waals surface area contributed by atoms with E-state index in [1.165, 1.54) is 0 Å². The predicted molar refractivity (Wildman–Crippen MR) is 144 cm³/mol. The Morgan fingerprint density at radius 1 is 0.974 bits per heavy atom. The van der Waals surface area contributed by atoms with Gasteiger partial charge in [-0.1, -0.05) is 66.7 Å². The summed E-state index contributed by atoms with van der Waals surface area (Å²) in [5, 5.41) is 3.39. The van der Waals surface area contributed by atoms with Crippen LogP contribution < -0.4 is 14.8 Å². The zero-order valence-electron chi connectivity index (χ0n) is 21.6.